The number of hydrogen-bond donors (Lipinski definition) is 1. The van der Waals surface area contributed by atoms with Crippen LogP contribution >= 0.6 is 0 Å². The maximum absolute atomic E-state index is 15.6. The summed E-state index contributed by atoms with van der Waals surface area (Å²) in [7, 11) is 0. The Bertz CT molecular complexity index is 1070. The minimum Gasteiger partial charge on any atom is -0.371 e. The van der Waals surface area contributed by atoms with Crippen LogP contribution in [0.2, 0.25) is 0 Å². The molecule has 0 radical (unpaired) electrons. The zero-order valence-electron chi connectivity index (χ0n) is 15.5. The molecule has 0 aliphatic carbocycles. The maximum atomic E-state index is 15.6. The summed E-state index contributed by atoms with van der Waals surface area (Å²) in [6.45, 7) is 7.29. The third-order valence-electron chi connectivity index (χ3n) is 4.90. The molecule has 0 saturated carbocycles. The van der Waals surface area contributed by atoms with Crippen LogP contribution < -0.4 is 5.32 Å². The van der Waals surface area contributed by atoms with Crippen molar-refractivity contribution < 1.29 is 13.2 Å². The standard InChI is InChI=1S/C20H19F3N4/c1-5-11-6-12(8-13(21)7-11)16-14(22)9-15-18(17(16)23)27-10(2)25-26-19(27)20(3,4)24-15/h6-9,24H,5H2,1-4H3. The summed E-state index contributed by atoms with van der Waals surface area (Å²) in [6, 6.07) is 5.36. The second-order valence-corrected chi connectivity index (χ2v) is 7.30. The first-order chi connectivity index (χ1) is 12.7. The van der Waals surface area contributed by atoms with Crippen molar-refractivity contribution in [1.29, 1.82) is 0 Å². The van der Waals surface area contributed by atoms with E-state index >= 15 is 4.39 Å². The van der Waals surface area contributed by atoms with Gasteiger partial charge in [0.05, 0.1) is 16.8 Å². The lowest BCUT2D eigenvalue weighted by atomic mass is 9.95. The van der Waals surface area contributed by atoms with Gasteiger partial charge in [-0.2, -0.15) is 0 Å². The zero-order chi connectivity index (χ0) is 19.5. The van der Waals surface area contributed by atoms with Crippen LogP contribution in [-0.4, -0.2) is 14.8 Å². The van der Waals surface area contributed by atoms with Gasteiger partial charge in [-0.15, -0.1) is 10.2 Å². The molecule has 0 fully saturated rings. The predicted molar refractivity (Wildman–Crippen MR) is 97.4 cm³/mol. The Kier molecular flexibility index (Phi) is 3.80. The van der Waals surface area contributed by atoms with E-state index in [1.165, 1.54) is 12.1 Å². The van der Waals surface area contributed by atoms with E-state index in [-0.39, 0.29) is 16.8 Å². The number of benzene rings is 2. The largest absolute Gasteiger partial charge is 0.371 e. The summed E-state index contributed by atoms with van der Waals surface area (Å²) in [4.78, 5) is 0. The maximum Gasteiger partial charge on any atom is 0.162 e. The first-order valence-corrected chi connectivity index (χ1v) is 8.76. The number of aromatic nitrogens is 3. The fourth-order valence-corrected chi connectivity index (χ4v) is 3.61. The minimum atomic E-state index is -0.773. The van der Waals surface area contributed by atoms with E-state index in [0.717, 1.165) is 6.07 Å². The van der Waals surface area contributed by atoms with Crippen LogP contribution in [0.15, 0.2) is 24.3 Å². The van der Waals surface area contributed by atoms with E-state index in [2.05, 4.69) is 15.5 Å². The van der Waals surface area contributed by atoms with E-state index in [1.807, 2.05) is 20.8 Å². The van der Waals surface area contributed by atoms with Gasteiger partial charge in [0.2, 0.25) is 0 Å². The number of halogens is 3. The van der Waals surface area contributed by atoms with Gasteiger partial charge in [0.1, 0.15) is 23.1 Å². The van der Waals surface area contributed by atoms with Gasteiger partial charge >= 0.3 is 0 Å². The van der Waals surface area contributed by atoms with Crippen molar-refractivity contribution in [3.05, 3.63) is 58.9 Å². The molecule has 2 heterocycles. The summed E-state index contributed by atoms with van der Waals surface area (Å²) in [6.07, 6.45) is 0.559. The Morgan fingerprint density at radius 1 is 1.07 bits per heavy atom. The number of rotatable bonds is 2. The van der Waals surface area contributed by atoms with Crippen LogP contribution in [0.3, 0.4) is 0 Å². The summed E-state index contributed by atoms with van der Waals surface area (Å²) in [5.74, 6) is -1.04. The lowest BCUT2D eigenvalue weighted by Gasteiger charge is -2.34. The zero-order valence-corrected chi connectivity index (χ0v) is 15.5. The molecule has 1 aliphatic heterocycles. The van der Waals surface area contributed by atoms with Crippen molar-refractivity contribution in [2.24, 2.45) is 0 Å². The lowest BCUT2D eigenvalue weighted by Crippen LogP contribution is -2.36. The lowest BCUT2D eigenvalue weighted by molar-refractivity contribution is 0.517. The molecular formula is C20H19F3N4. The van der Waals surface area contributed by atoms with Crippen molar-refractivity contribution in [2.75, 3.05) is 5.32 Å². The van der Waals surface area contributed by atoms with Crippen LogP contribution in [0, 0.1) is 24.4 Å². The topological polar surface area (TPSA) is 42.7 Å². The molecule has 27 heavy (non-hydrogen) atoms. The Labute approximate surface area is 155 Å². The van der Waals surface area contributed by atoms with Crippen LogP contribution in [-0.2, 0) is 12.0 Å². The highest BCUT2D eigenvalue weighted by Crippen LogP contribution is 2.42. The van der Waals surface area contributed by atoms with Crippen LogP contribution in [0.1, 0.15) is 38.0 Å². The van der Waals surface area contributed by atoms with Gasteiger partial charge < -0.3 is 5.32 Å². The molecule has 0 bridgehead atoms. The fourth-order valence-electron chi connectivity index (χ4n) is 3.61. The van der Waals surface area contributed by atoms with Crippen molar-refractivity contribution >= 4 is 5.69 Å². The average Bonchev–Trinajstić information content (AvgIpc) is 2.96. The molecule has 3 aromatic rings. The second kappa shape index (κ2) is 5.84. The molecule has 2 aromatic carbocycles. The average molecular weight is 372 g/mol. The fraction of sp³-hybridized carbons (Fsp3) is 0.300. The van der Waals surface area contributed by atoms with Crippen molar-refractivity contribution in [2.45, 2.75) is 39.7 Å². The molecule has 0 unspecified atom stereocenters. The van der Waals surface area contributed by atoms with Crippen molar-refractivity contribution in [3.63, 3.8) is 0 Å². The second-order valence-electron chi connectivity index (χ2n) is 7.30. The molecule has 0 atom stereocenters. The van der Waals surface area contributed by atoms with Crippen molar-refractivity contribution in [3.8, 4) is 16.8 Å². The molecule has 1 N–H and O–H groups in total. The summed E-state index contributed by atoms with van der Waals surface area (Å²) < 4.78 is 46.0. The molecular weight excluding hydrogens is 353 g/mol. The van der Waals surface area contributed by atoms with Gasteiger partial charge in [-0.25, -0.2) is 13.2 Å². The highest BCUT2D eigenvalue weighted by molar-refractivity contribution is 5.77. The van der Waals surface area contributed by atoms with Gasteiger partial charge in [0.25, 0.3) is 0 Å². The molecule has 1 aromatic heterocycles. The van der Waals surface area contributed by atoms with E-state index in [9.17, 15) is 8.78 Å². The molecule has 0 saturated heterocycles. The van der Waals surface area contributed by atoms with Crippen LogP contribution in [0.4, 0.5) is 18.9 Å². The number of aryl methyl sites for hydroxylation is 2. The minimum absolute atomic E-state index is 0.144. The Morgan fingerprint density at radius 2 is 1.81 bits per heavy atom. The first-order valence-electron chi connectivity index (χ1n) is 8.76. The van der Waals surface area contributed by atoms with E-state index in [0.29, 0.717) is 29.3 Å². The first kappa shape index (κ1) is 17.6. The Morgan fingerprint density at radius 3 is 2.52 bits per heavy atom. The van der Waals surface area contributed by atoms with E-state index in [1.54, 1.807) is 17.6 Å². The van der Waals surface area contributed by atoms with E-state index in [4.69, 9.17) is 0 Å². The van der Waals surface area contributed by atoms with E-state index < -0.39 is 23.0 Å². The number of anilines is 1. The quantitative estimate of drug-likeness (QED) is 0.697. The van der Waals surface area contributed by atoms with Crippen LogP contribution in [0.5, 0.6) is 0 Å². The smallest absolute Gasteiger partial charge is 0.162 e. The third kappa shape index (κ3) is 2.60. The summed E-state index contributed by atoms with van der Waals surface area (Å²) in [5, 5.41) is 11.3. The van der Waals surface area contributed by atoms with Gasteiger partial charge in [-0.05, 0) is 56.5 Å². The molecule has 140 valence electrons. The summed E-state index contributed by atoms with van der Waals surface area (Å²) >= 11 is 0. The molecule has 4 rings (SSSR count). The van der Waals surface area contributed by atoms with Gasteiger partial charge in [0.15, 0.2) is 11.6 Å². The van der Waals surface area contributed by atoms with Gasteiger partial charge in [0, 0.05) is 0 Å². The van der Waals surface area contributed by atoms with Gasteiger partial charge in [-0.3, -0.25) is 4.57 Å². The normalized spacial score (nSPS) is 14.5. The molecule has 0 amide bonds. The molecule has 0 spiro atoms. The Hall–Kier alpha value is -2.83. The molecule has 4 nitrogen and oxygen atoms in total. The number of nitrogens with one attached hydrogen (secondary N) is 1. The van der Waals surface area contributed by atoms with Gasteiger partial charge in [-0.1, -0.05) is 13.0 Å². The molecule has 1 aliphatic rings. The third-order valence-corrected chi connectivity index (χ3v) is 4.90. The van der Waals surface area contributed by atoms with Crippen molar-refractivity contribution in [1.82, 2.24) is 14.8 Å². The number of hydrogen-bond acceptors (Lipinski definition) is 3. The number of fused-ring (bicyclic) bond motifs is 3. The monoisotopic (exact) mass is 372 g/mol. The SMILES string of the molecule is CCc1cc(F)cc(-c2c(F)cc3c(c2F)-n2c(C)nnc2C(C)(C)N3)c1. The van der Waals surface area contributed by atoms with Crippen LogP contribution in [0.25, 0.3) is 16.8 Å². The highest BCUT2D eigenvalue weighted by atomic mass is 19.1. The highest BCUT2D eigenvalue weighted by Gasteiger charge is 2.37. The predicted octanol–water partition coefficient (Wildman–Crippen LogP) is 4.88. The molecule has 7 heteroatoms. The Balaban J connectivity index is 2.03. The summed E-state index contributed by atoms with van der Waals surface area (Å²) in [5.41, 5.74) is 0.377. The number of nitrogens with zero attached hydrogens (tertiary/aromatic N) is 3.